The second kappa shape index (κ2) is 7.59. The highest BCUT2D eigenvalue weighted by Crippen LogP contribution is 2.33. The number of methoxy groups -OCH3 is 1. The fraction of sp³-hybridized carbons (Fsp3) is 0.750. The Hall–Kier alpha value is -1.36. The van der Waals surface area contributed by atoms with E-state index in [9.17, 15) is 0 Å². The molecule has 5 nitrogen and oxygen atoms in total. The minimum absolute atomic E-state index is 0.401. The summed E-state index contributed by atoms with van der Waals surface area (Å²) in [6, 6.07) is 0. The molecule has 1 unspecified atom stereocenters. The number of ether oxygens (including phenoxy) is 1. The average molecular weight is 292 g/mol. The van der Waals surface area contributed by atoms with Crippen LogP contribution in [0.3, 0.4) is 0 Å². The van der Waals surface area contributed by atoms with Crippen LogP contribution in [0.2, 0.25) is 0 Å². The molecule has 1 atom stereocenters. The summed E-state index contributed by atoms with van der Waals surface area (Å²) in [5, 5.41) is 3.37. The molecule has 0 amide bonds. The van der Waals surface area contributed by atoms with Crippen LogP contribution < -0.4 is 10.2 Å². The lowest BCUT2D eigenvalue weighted by Crippen LogP contribution is -2.38. The van der Waals surface area contributed by atoms with Crippen molar-refractivity contribution in [1.82, 2.24) is 9.97 Å². The summed E-state index contributed by atoms with van der Waals surface area (Å²) in [4.78, 5) is 11.4. The van der Waals surface area contributed by atoms with Gasteiger partial charge in [-0.1, -0.05) is 13.8 Å². The molecule has 1 saturated heterocycles. The molecule has 1 aliphatic rings. The topological polar surface area (TPSA) is 50.3 Å². The predicted molar refractivity (Wildman–Crippen MR) is 87.1 cm³/mol. The third-order valence-electron chi connectivity index (χ3n) is 4.01. The van der Waals surface area contributed by atoms with E-state index in [0.717, 1.165) is 37.9 Å². The lowest BCUT2D eigenvalue weighted by atomic mass is 9.97. The van der Waals surface area contributed by atoms with Crippen molar-refractivity contribution in [3.63, 3.8) is 0 Å². The lowest BCUT2D eigenvalue weighted by Gasteiger charge is -2.35. The summed E-state index contributed by atoms with van der Waals surface area (Å²) in [6.45, 7) is 10.3. The molecule has 0 spiro atoms. The molecule has 0 bridgehead atoms. The van der Waals surface area contributed by atoms with Gasteiger partial charge in [-0.15, -0.1) is 0 Å². The van der Waals surface area contributed by atoms with Gasteiger partial charge >= 0.3 is 0 Å². The van der Waals surface area contributed by atoms with Crippen molar-refractivity contribution < 1.29 is 4.74 Å². The van der Waals surface area contributed by atoms with Gasteiger partial charge in [0.1, 0.15) is 18.0 Å². The van der Waals surface area contributed by atoms with E-state index in [0.29, 0.717) is 11.8 Å². The van der Waals surface area contributed by atoms with Crippen LogP contribution in [0.1, 0.15) is 45.1 Å². The van der Waals surface area contributed by atoms with E-state index in [4.69, 9.17) is 4.74 Å². The molecule has 118 valence electrons. The van der Waals surface area contributed by atoms with Gasteiger partial charge in [-0.05, 0) is 31.6 Å². The summed E-state index contributed by atoms with van der Waals surface area (Å²) in [5.74, 6) is 3.07. The summed E-state index contributed by atoms with van der Waals surface area (Å²) in [5.41, 5.74) is 1.23. The molecule has 21 heavy (non-hydrogen) atoms. The van der Waals surface area contributed by atoms with Crippen molar-refractivity contribution >= 4 is 11.6 Å². The smallest absolute Gasteiger partial charge is 0.137 e. The Morgan fingerprint density at radius 2 is 2.24 bits per heavy atom. The molecule has 1 aromatic rings. The number of hydrogen-bond donors (Lipinski definition) is 1. The molecule has 0 aromatic carbocycles. The molecule has 2 rings (SSSR count). The molecule has 1 aliphatic heterocycles. The first-order valence-electron chi connectivity index (χ1n) is 8.00. The largest absolute Gasteiger partial charge is 0.384 e. The first-order chi connectivity index (χ1) is 10.2. The highest BCUT2D eigenvalue weighted by molar-refractivity contribution is 5.60. The van der Waals surface area contributed by atoms with E-state index in [1.807, 2.05) is 0 Å². The average Bonchev–Trinajstić information content (AvgIpc) is 2.48. The zero-order valence-corrected chi connectivity index (χ0v) is 13.7. The normalized spacial score (nSPS) is 19.1. The number of nitrogens with zero attached hydrogens (tertiary/aromatic N) is 3. The van der Waals surface area contributed by atoms with Crippen LogP contribution in [0.4, 0.5) is 11.6 Å². The van der Waals surface area contributed by atoms with Crippen molar-refractivity contribution in [1.29, 1.82) is 0 Å². The maximum absolute atomic E-state index is 5.33. The van der Waals surface area contributed by atoms with Crippen LogP contribution in [0.15, 0.2) is 6.33 Å². The van der Waals surface area contributed by atoms with E-state index in [2.05, 4.69) is 41.0 Å². The lowest BCUT2D eigenvalue weighted by molar-refractivity contribution is 0.143. The van der Waals surface area contributed by atoms with Crippen LogP contribution in [0, 0.1) is 5.92 Å². The van der Waals surface area contributed by atoms with E-state index >= 15 is 0 Å². The van der Waals surface area contributed by atoms with Crippen LogP contribution >= 0.6 is 0 Å². The fourth-order valence-corrected chi connectivity index (χ4v) is 3.11. The first-order valence-corrected chi connectivity index (χ1v) is 8.00. The van der Waals surface area contributed by atoms with Gasteiger partial charge in [0.05, 0.1) is 6.61 Å². The molecule has 0 saturated carbocycles. The molecular formula is C16H28N4O. The number of anilines is 2. The Kier molecular flexibility index (Phi) is 5.79. The molecule has 0 aliphatic carbocycles. The standard InChI is InChI=1S/C16H28N4O/c1-5-17-15-14(12(2)3)16(19-11-18-15)20-8-6-7-13(9-20)10-21-4/h11-13H,5-10H2,1-4H3,(H,17,18,19). The van der Waals surface area contributed by atoms with Crippen LogP contribution in [-0.2, 0) is 4.74 Å². The Balaban J connectivity index is 2.27. The maximum atomic E-state index is 5.33. The third-order valence-corrected chi connectivity index (χ3v) is 4.01. The summed E-state index contributed by atoms with van der Waals surface area (Å²) in [7, 11) is 1.78. The third kappa shape index (κ3) is 3.84. The number of rotatable bonds is 6. The van der Waals surface area contributed by atoms with E-state index in [1.165, 1.54) is 18.4 Å². The van der Waals surface area contributed by atoms with E-state index in [-0.39, 0.29) is 0 Å². The Morgan fingerprint density at radius 3 is 2.90 bits per heavy atom. The van der Waals surface area contributed by atoms with Crippen molar-refractivity contribution in [2.24, 2.45) is 5.92 Å². The minimum Gasteiger partial charge on any atom is -0.384 e. The Bertz CT molecular complexity index is 448. The molecular weight excluding hydrogens is 264 g/mol. The number of aromatic nitrogens is 2. The number of hydrogen-bond acceptors (Lipinski definition) is 5. The van der Waals surface area contributed by atoms with Crippen molar-refractivity contribution in [2.45, 2.75) is 39.5 Å². The molecule has 2 heterocycles. The Labute approximate surface area is 128 Å². The van der Waals surface area contributed by atoms with Crippen LogP contribution in [-0.4, -0.2) is 43.3 Å². The van der Waals surface area contributed by atoms with Gasteiger partial charge in [0.15, 0.2) is 0 Å². The predicted octanol–water partition coefficient (Wildman–Crippen LogP) is 2.89. The minimum atomic E-state index is 0.401. The highest BCUT2D eigenvalue weighted by atomic mass is 16.5. The molecule has 1 fully saturated rings. The monoisotopic (exact) mass is 292 g/mol. The number of piperidine rings is 1. The van der Waals surface area contributed by atoms with Gasteiger partial charge in [-0.3, -0.25) is 0 Å². The van der Waals surface area contributed by atoms with E-state index in [1.54, 1.807) is 13.4 Å². The fourth-order valence-electron chi connectivity index (χ4n) is 3.11. The molecule has 5 heteroatoms. The molecule has 1 aromatic heterocycles. The second-order valence-corrected chi connectivity index (χ2v) is 6.05. The van der Waals surface area contributed by atoms with Gasteiger partial charge in [0.25, 0.3) is 0 Å². The quantitative estimate of drug-likeness (QED) is 0.873. The SMILES string of the molecule is CCNc1ncnc(N2CCCC(COC)C2)c1C(C)C. The first kappa shape index (κ1) is 16.0. The Morgan fingerprint density at radius 1 is 1.43 bits per heavy atom. The van der Waals surface area contributed by atoms with Crippen molar-refractivity contribution in [2.75, 3.05) is 43.6 Å². The molecule has 0 radical (unpaired) electrons. The summed E-state index contributed by atoms with van der Waals surface area (Å²) >= 11 is 0. The zero-order chi connectivity index (χ0) is 15.2. The van der Waals surface area contributed by atoms with Gasteiger partial charge in [0, 0.05) is 32.3 Å². The second-order valence-electron chi connectivity index (χ2n) is 6.05. The molecule has 1 N–H and O–H groups in total. The van der Waals surface area contributed by atoms with Gasteiger partial charge in [0.2, 0.25) is 0 Å². The van der Waals surface area contributed by atoms with Crippen LogP contribution in [0.25, 0.3) is 0 Å². The van der Waals surface area contributed by atoms with Crippen LogP contribution in [0.5, 0.6) is 0 Å². The number of nitrogens with one attached hydrogen (secondary N) is 1. The maximum Gasteiger partial charge on any atom is 0.137 e. The summed E-state index contributed by atoms with van der Waals surface area (Å²) < 4.78 is 5.33. The van der Waals surface area contributed by atoms with Gasteiger partial charge < -0.3 is 15.0 Å². The van der Waals surface area contributed by atoms with Gasteiger partial charge in [-0.25, -0.2) is 9.97 Å². The van der Waals surface area contributed by atoms with Crippen molar-refractivity contribution in [3.8, 4) is 0 Å². The van der Waals surface area contributed by atoms with Gasteiger partial charge in [-0.2, -0.15) is 0 Å². The highest BCUT2D eigenvalue weighted by Gasteiger charge is 2.25. The zero-order valence-electron chi connectivity index (χ0n) is 13.7. The van der Waals surface area contributed by atoms with E-state index < -0.39 is 0 Å². The van der Waals surface area contributed by atoms with Crippen molar-refractivity contribution in [3.05, 3.63) is 11.9 Å². The summed E-state index contributed by atoms with van der Waals surface area (Å²) in [6.07, 6.45) is 4.12.